The number of anilines is 1. The Morgan fingerprint density at radius 3 is 3.24 bits per heavy atom. The molecule has 0 spiro atoms. The van der Waals surface area contributed by atoms with Crippen molar-refractivity contribution in [1.82, 2.24) is 9.38 Å². The van der Waals surface area contributed by atoms with Crippen LogP contribution in [0.5, 0.6) is 0 Å². The number of hydrogen-bond acceptors (Lipinski definition) is 4. The Bertz CT molecular complexity index is 516. The molecule has 0 bridgehead atoms. The Balaban J connectivity index is 2.00. The molecular formula is C11H14BrN3S2. The van der Waals surface area contributed by atoms with Crippen molar-refractivity contribution in [3.05, 3.63) is 17.3 Å². The van der Waals surface area contributed by atoms with E-state index in [2.05, 4.69) is 43.9 Å². The minimum Gasteiger partial charge on any atom is -0.354 e. The molecule has 0 aliphatic carbocycles. The van der Waals surface area contributed by atoms with Crippen LogP contribution in [0.1, 0.15) is 12.1 Å². The van der Waals surface area contributed by atoms with Crippen molar-refractivity contribution in [3.63, 3.8) is 0 Å². The first-order valence-electron chi connectivity index (χ1n) is 5.62. The summed E-state index contributed by atoms with van der Waals surface area (Å²) in [5.41, 5.74) is 1.26. The maximum atomic E-state index is 4.76. The average molecular weight is 332 g/mol. The van der Waals surface area contributed by atoms with E-state index in [0.717, 1.165) is 16.1 Å². The SMILES string of the molecule is CN(c1nc2sccn2c1CBr)C1CCSC1. The third-order valence-corrected chi connectivity index (χ3v) is 5.69. The molecule has 6 heteroatoms. The zero-order valence-corrected chi connectivity index (χ0v) is 12.8. The molecule has 0 radical (unpaired) electrons. The van der Waals surface area contributed by atoms with Crippen molar-refractivity contribution >= 4 is 49.8 Å². The van der Waals surface area contributed by atoms with Crippen LogP contribution in [0.3, 0.4) is 0 Å². The van der Waals surface area contributed by atoms with Crippen LogP contribution in [-0.4, -0.2) is 34.0 Å². The third kappa shape index (κ3) is 2.00. The standard InChI is InChI=1S/C11H14BrN3S2/c1-14(8-2-4-16-7-8)10-9(6-12)15-3-5-17-11(15)13-10/h3,5,8H,2,4,6-7H2,1H3. The fourth-order valence-corrected chi connectivity index (χ4v) is 4.75. The molecule has 3 heterocycles. The Morgan fingerprint density at radius 1 is 1.65 bits per heavy atom. The van der Waals surface area contributed by atoms with E-state index >= 15 is 0 Å². The molecule has 92 valence electrons. The van der Waals surface area contributed by atoms with Gasteiger partial charge in [-0.3, -0.25) is 4.40 Å². The van der Waals surface area contributed by atoms with E-state index in [1.807, 2.05) is 11.8 Å². The number of thioether (sulfide) groups is 1. The molecule has 1 fully saturated rings. The minimum absolute atomic E-state index is 0.641. The van der Waals surface area contributed by atoms with Gasteiger partial charge in [-0.15, -0.1) is 11.3 Å². The summed E-state index contributed by atoms with van der Waals surface area (Å²) in [5, 5.41) is 2.94. The van der Waals surface area contributed by atoms with Gasteiger partial charge in [-0.1, -0.05) is 15.9 Å². The van der Waals surface area contributed by atoms with Crippen LogP contribution < -0.4 is 4.90 Å². The second kappa shape index (κ2) is 4.82. The van der Waals surface area contributed by atoms with Gasteiger partial charge in [0.05, 0.1) is 5.69 Å². The first kappa shape index (κ1) is 11.9. The van der Waals surface area contributed by atoms with E-state index in [0.29, 0.717) is 6.04 Å². The number of alkyl halides is 1. The highest BCUT2D eigenvalue weighted by Gasteiger charge is 2.24. The second-order valence-electron chi connectivity index (χ2n) is 4.20. The van der Waals surface area contributed by atoms with E-state index in [1.54, 1.807) is 11.3 Å². The quantitative estimate of drug-likeness (QED) is 0.805. The fourth-order valence-electron chi connectivity index (χ4n) is 2.23. The maximum Gasteiger partial charge on any atom is 0.195 e. The predicted molar refractivity (Wildman–Crippen MR) is 79.8 cm³/mol. The lowest BCUT2D eigenvalue weighted by Gasteiger charge is -2.24. The number of fused-ring (bicyclic) bond motifs is 1. The van der Waals surface area contributed by atoms with Crippen LogP contribution in [0, 0.1) is 0 Å². The minimum atomic E-state index is 0.641. The number of aromatic nitrogens is 2. The van der Waals surface area contributed by atoms with Crippen molar-refractivity contribution in [3.8, 4) is 0 Å². The molecule has 1 saturated heterocycles. The Hall–Kier alpha value is -0.200. The summed E-state index contributed by atoms with van der Waals surface area (Å²) in [6.07, 6.45) is 3.37. The van der Waals surface area contributed by atoms with Crippen LogP contribution in [-0.2, 0) is 5.33 Å². The molecule has 3 rings (SSSR count). The van der Waals surface area contributed by atoms with Crippen LogP contribution in [0.4, 0.5) is 5.82 Å². The monoisotopic (exact) mass is 331 g/mol. The summed E-state index contributed by atoms with van der Waals surface area (Å²) in [7, 11) is 2.18. The van der Waals surface area contributed by atoms with Gasteiger partial charge in [0, 0.05) is 35.7 Å². The topological polar surface area (TPSA) is 20.5 Å². The van der Waals surface area contributed by atoms with Gasteiger partial charge in [0.25, 0.3) is 0 Å². The van der Waals surface area contributed by atoms with Crippen LogP contribution in [0.15, 0.2) is 11.6 Å². The zero-order valence-electron chi connectivity index (χ0n) is 9.60. The van der Waals surface area contributed by atoms with E-state index in [-0.39, 0.29) is 0 Å². The van der Waals surface area contributed by atoms with Crippen molar-refractivity contribution in [2.75, 3.05) is 23.5 Å². The Kier molecular flexibility index (Phi) is 3.36. The van der Waals surface area contributed by atoms with Gasteiger partial charge in [0.2, 0.25) is 0 Å². The van der Waals surface area contributed by atoms with E-state index in [9.17, 15) is 0 Å². The normalized spacial score (nSPS) is 20.2. The number of nitrogens with zero attached hydrogens (tertiary/aromatic N) is 3. The summed E-state index contributed by atoms with van der Waals surface area (Å²) in [5.74, 6) is 3.64. The molecule has 0 N–H and O–H groups in total. The molecular weight excluding hydrogens is 318 g/mol. The number of rotatable bonds is 3. The second-order valence-corrected chi connectivity index (χ2v) is 6.78. The van der Waals surface area contributed by atoms with Crippen LogP contribution in [0.25, 0.3) is 4.96 Å². The van der Waals surface area contributed by atoms with Gasteiger partial charge in [-0.25, -0.2) is 4.98 Å². The fraction of sp³-hybridized carbons (Fsp3) is 0.545. The molecule has 0 saturated carbocycles. The van der Waals surface area contributed by atoms with Crippen LogP contribution >= 0.6 is 39.0 Å². The maximum absolute atomic E-state index is 4.76. The summed E-state index contributed by atoms with van der Waals surface area (Å²) >= 11 is 7.32. The third-order valence-electron chi connectivity index (χ3n) is 3.25. The molecule has 17 heavy (non-hydrogen) atoms. The summed E-state index contributed by atoms with van der Waals surface area (Å²) in [6.45, 7) is 0. The van der Waals surface area contributed by atoms with Crippen molar-refractivity contribution in [2.24, 2.45) is 0 Å². The smallest absolute Gasteiger partial charge is 0.195 e. The Labute approximate surface area is 117 Å². The molecule has 1 unspecified atom stereocenters. The summed E-state index contributed by atoms with van der Waals surface area (Å²) < 4.78 is 2.19. The highest BCUT2D eigenvalue weighted by Crippen LogP contribution is 2.30. The van der Waals surface area contributed by atoms with Gasteiger partial charge in [-0.05, 0) is 12.2 Å². The van der Waals surface area contributed by atoms with Gasteiger partial charge >= 0.3 is 0 Å². The summed E-state index contributed by atoms with van der Waals surface area (Å²) in [6, 6.07) is 0.641. The average Bonchev–Trinajstić information content (AvgIpc) is 3.03. The number of thiazole rings is 1. The highest BCUT2D eigenvalue weighted by atomic mass is 79.9. The van der Waals surface area contributed by atoms with Crippen molar-refractivity contribution < 1.29 is 0 Å². The van der Waals surface area contributed by atoms with Crippen LogP contribution in [0.2, 0.25) is 0 Å². The highest BCUT2D eigenvalue weighted by molar-refractivity contribution is 9.08. The van der Waals surface area contributed by atoms with Gasteiger partial charge in [0.15, 0.2) is 10.8 Å². The number of imidazole rings is 1. The molecule has 3 nitrogen and oxygen atoms in total. The predicted octanol–water partition coefficient (Wildman–Crippen LogP) is 3.23. The number of halogens is 1. The van der Waals surface area contributed by atoms with E-state index in [4.69, 9.17) is 4.98 Å². The van der Waals surface area contributed by atoms with E-state index in [1.165, 1.54) is 23.6 Å². The van der Waals surface area contributed by atoms with E-state index < -0.39 is 0 Å². The molecule has 1 atom stereocenters. The first-order valence-corrected chi connectivity index (χ1v) is 8.78. The van der Waals surface area contributed by atoms with Crippen molar-refractivity contribution in [2.45, 2.75) is 17.8 Å². The molecule has 2 aromatic rings. The molecule has 0 amide bonds. The van der Waals surface area contributed by atoms with Gasteiger partial charge in [-0.2, -0.15) is 11.8 Å². The molecule has 2 aromatic heterocycles. The molecule has 1 aliphatic rings. The Morgan fingerprint density at radius 2 is 2.53 bits per heavy atom. The van der Waals surface area contributed by atoms with Gasteiger partial charge < -0.3 is 4.90 Å². The first-order chi connectivity index (χ1) is 8.31. The molecule has 0 aromatic carbocycles. The zero-order chi connectivity index (χ0) is 11.8. The largest absolute Gasteiger partial charge is 0.354 e. The van der Waals surface area contributed by atoms with Crippen molar-refractivity contribution in [1.29, 1.82) is 0 Å². The lowest BCUT2D eigenvalue weighted by Crippen LogP contribution is -2.32. The lowest BCUT2D eigenvalue weighted by atomic mass is 10.2. The molecule has 1 aliphatic heterocycles. The summed E-state index contributed by atoms with van der Waals surface area (Å²) in [4.78, 5) is 8.20. The lowest BCUT2D eigenvalue weighted by molar-refractivity contribution is 0.691. The number of hydrogen-bond donors (Lipinski definition) is 0. The van der Waals surface area contributed by atoms with Gasteiger partial charge in [0.1, 0.15) is 0 Å².